The lowest BCUT2D eigenvalue weighted by molar-refractivity contribution is 0.474. The molecule has 29 heavy (non-hydrogen) atoms. The molecule has 4 heteroatoms. The van der Waals surface area contributed by atoms with E-state index in [9.17, 15) is 4.91 Å². The molecule has 0 aliphatic heterocycles. The molecule has 1 heterocycles. The molecule has 0 saturated heterocycles. The Morgan fingerprint density at radius 3 is 2.48 bits per heavy atom. The third-order valence-electron chi connectivity index (χ3n) is 3.99. The molecule has 2 atom stereocenters. The Labute approximate surface area is 176 Å². The molecule has 1 aromatic heterocycles. The Morgan fingerprint density at radius 1 is 1.24 bits per heavy atom. The van der Waals surface area contributed by atoms with E-state index in [0.717, 1.165) is 35.0 Å². The minimum atomic E-state index is -0.434. The van der Waals surface area contributed by atoms with E-state index in [1.165, 1.54) is 0 Å². The van der Waals surface area contributed by atoms with Crippen molar-refractivity contribution in [1.29, 1.82) is 0 Å². The van der Waals surface area contributed by atoms with E-state index in [4.69, 9.17) is 0 Å². The summed E-state index contributed by atoms with van der Waals surface area (Å²) in [4.78, 5) is 15.7. The Bertz CT molecular complexity index is 790. The van der Waals surface area contributed by atoms with Gasteiger partial charge in [0.05, 0.1) is 5.52 Å². The van der Waals surface area contributed by atoms with Crippen LogP contribution in [0.25, 0.3) is 10.9 Å². The van der Waals surface area contributed by atoms with Crippen molar-refractivity contribution in [3.8, 4) is 0 Å². The first-order valence-electron chi connectivity index (χ1n) is 10.00. The van der Waals surface area contributed by atoms with Gasteiger partial charge in [0.25, 0.3) is 0 Å². The van der Waals surface area contributed by atoms with Gasteiger partial charge in [-0.15, -0.1) is 0 Å². The van der Waals surface area contributed by atoms with E-state index >= 15 is 0 Å². The van der Waals surface area contributed by atoms with Gasteiger partial charge < -0.3 is 5.32 Å². The van der Waals surface area contributed by atoms with Gasteiger partial charge in [-0.25, -0.2) is 0 Å². The maximum atomic E-state index is 11.4. The SMILES string of the molecule is C=C/C=C/CCNC(C)C(N=O)c1ccnc2ccccc12.C=CC(=C)C.CC. The number of nitrogens with zero attached hydrogens (tertiary/aromatic N) is 2. The molecule has 156 valence electrons. The Kier molecular flexibility index (Phi) is 14.6. The summed E-state index contributed by atoms with van der Waals surface area (Å²) in [5.74, 6) is 0. The first kappa shape index (κ1) is 26.1. The summed E-state index contributed by atoms with van der Waals surface area (Å²) in [5.41, 5.74) is 2.82. The van der Waals surface area contributed by atoms with Crippen molar-refractivity contribution in [3.63, 3.8) is 0 Å². The quantitative estimate of drug-likeness (QED) is 0.285. The third kappa shape index (κ3) is 9.77. The zero-order valence-electron chi connectivity index (χ0n) is 18.3. The second-order valence-electron chi connectivity index (χ2n) is 6.21. The van der Waals surface area contributed by atoms with Crippen LogP contribution in [0.2, 0.25) is 0 Å². The highest BCUT2D eigenvalue weighted by molar-refractivity contribution is 5.82. The van der Waals surface area contributed by atoms with Crippen LogP contribution in [0.5, 0.6) is 0 Å². The highest BCUT2D eigenvalue weighted by Gasteiger charge is 2.21. The lowest BCUT2D eigenvalue weighted by Crippen LogP contribution is -2.32. The number of nitrogens with one attached hydrogen (secondary N) is 1. The summed E-state index contributed by atoms with van der Waals surface area (Å²) in [6, 6.07) is 9.22. The number of benzene rings is 1. The zero-order chi connectivity index (χ0) is 22.1. The molecule has 1 N–H and O–H groups in total. The molecular weight excluding hydrogens is 358 g/mol. The number of aromatic nitrogens is 1. The van der Waals surface area contributed by atoms with E-state index in [0.29, 0.717) is 0 Å². The van der Waals surface area contributed by atoms with Crippen molar-refractivity contribution < 1.29 is 0 Å². The molecule has 0 aliphatic rings. The first-order chi connectivity index (χ1) is 14.0. The van der Waals surface area contributed by atoms with E-state index < -0.39 is 6.04 Å². The van der Waals surface area contributed by atoms with Crippen molar-refractivity contribution >= 4 is 10.9 Å². The molecule has 0 amide bonds. The van der Waals surface area contributed by atoms with E-state index in [2.05, 4.69) is 35.2 Å². The van der Waals surface area contributed by atoms with Gasteiger partial charge in [0.1, 0.15) is 6.04 Å². The summed E-state index contributed by atoms with van der Waals surface area (Å²) >= 11 is 0. The molecule has 0 spiro atoms. The van der Waals surface area contributed by atoms with E-state index in [-0.39, 0.29) is 6.04 Å². The Hall–Kier alpha value is -2.85. The first-order valence-corrected chi connectivity index (χ1v) is 10.00. The summed E-state index contributed by atoms with van der Waals surface area (Å²) in [6.07, 6.45) is 10.0. The second kappa shape index (κ2) is 16.1. The van der Waals surface area contributed by atoms with Crippen molar-refractivity contribution in [2.24, 2.45) is 5.18 Å². The van der Waals surface area contributed by atoms with Crippen molar-refractivity contribution in [2.45, 2.75) is 46.2 Å². The summed E-state index contributed by atoms with van der Waals surface area (Å²) < 4.78 is 0. The topological polar surface area (TPSA) is 54.4 Å². The van der Waals surface area contributed by atoms with E-state index in [1.54, 1.807) is 18.3 Å². The number of fused-ring (bicyclic) bond motifs is 1. The maximum Gasteiger partial charge on any atom is 0.133 e. The molecule has 0 bridgehead atoms. The molecule has 2 unspecified atom stereocenters. The van der Waals surface area contributed by atoms with Gasteiger partial charge in [-0.05, 0) is 44.5 Å². The van der Waals surface area contributed by atoms with Crippen LogP contribution in [0.4, 0.5) is 0 Å². The summed E-state index contributed by atoms with van der Waals surface area (Å²) in [5, 5.41) is 7.69. The van der Waals surface area contributed by atoms with Crippen LogP contribution in [0.3, 0.4) is 0 Å². The van der Waals surface area contributed by atoms with Crippen LogP contribution in [-0.2, 0) is 0 Å². The number of hydrogen-bond acceptors (Lipinski definition) is 4. The lowest BCUT2D eigenvalue weighted by Gasteiger charge is -2.20. The smallest absolute Gasteiger partial charge is 0.133 e. The fourth-order valence-electron chi connectivity index (χ4n) is 2.49. The molecule has 0 fully saturated rings. The molecule has 0 aliphatic carbocycles. The van der Waals surface area contributed by atoms with Gasteiger partial charge in [-0.2, -0.15) is 4.91 Å². The number of para-hydroxylation sites is 1. The fraction of sp³-hybridized carbons (Fsp3) is 0.320. The monoisotopic (exact) mass is 393 g/mol. The Morgan fingerprint density at radius 2 is 1.90 bits per heavy atom. The van der Waals surface area contributed by atoms with Crippen molar-refractivity contribution in [2.75, 3.05) is 6.54 Å². The predicted molar refractivity (Wildman–Crippen MR) is 128 cm³/mol. The van der Waals surface area contributed by atoms with Gasteiger partial charge in [-0.3, -0.25) is 4.98 Å². The number of pyridine rings is 1. The normalized spacial score (nSPS) is 12.0. The average molecular weight is 394 g/mol. The third-order valence-corrected chi connectivity index (χ3v) is 3.99. The fourth-order valence-corrected chi connectivity index (χ4v) is 2.49. The number of rotatable bonds is 9. The van der Waals surface area contributed by atoms with Gasteiger partial charge >= 0.3 is 0 Å². The Balaban J connectivity index is 0.000000977. The van der Waals surface area contributed by atoms with Gasteiger partial charge in [0, 0.05) is 17.6 Å². The largest absolute Gasteiger partial charge is 0.311 e. The predicted octanol–water partition coefficient (Wildman–Crippen LogP) is 6.93. The van der Waals surface area contributed by atoms with Crippen LogP contribution in [0.15, 0.2) is 91.3 Å². The molecule has 0 saturated carbocycles. The zero-order valence-corrected chi connectivity index (χ0v) is 18.3. The molecule has 0 radical (unpaired) electrons. The maximum absolute atomic E-state index is 11.4. The van der Waals surface area contributed by atoms with E-state index in [1.807, 2.05) is 70.2 Å². The minimum absolute atomic E-state index is 0.0413. The lowest BCUT2D eigenvalue weighted by atomic mass is 9.97. The van der Waals surface area contributed by atoms with Crippen LogP contribution in [-0.4, -0.2) is 17.6 Å². The number of nitroso groups, excluding NO2 is 1. The van der Waals surface area contributed by atoms with Crippen LogP contribution in [0, 0.1) is 4.91 Å². The molecular formula is C25H35N3O. The molecule has 1 aromatic carbocycles. The number of hydrogen-bond donors (Lipinski definition) is 1. The standard InChI is InChI=1S/C18H21N3O.C5H8.C2H6/c1-3-4-5-8-12-19-14(2)18(21-22)16-11-13-20-17-10-7-6-9-15(16)17;1-4-5(2)3;1-2/h3-7,9-11,13-14,18-19H,1,8,12H2,2H3;4H,1-2H2,3H3;1-2H3/b5-4+;;. The van der Waals surface area contributed by atoms with Gasteiger partial charge in [-0.1, -0.05) is 86.8 Å². The van der Waals surface area contributed by atoms with Crippen LogP contribution >= 0.6 is 0 Å². The van der Waals surface area contributed by atoms with Crippen LogP contribution < -0.4 is 5.32 Å². The molecule has 4 nitrogen and oxygen atoms in total. The van der Waals surface area contributed by atoms with Gasteiger partial charge in [0.2, 0.25) is 0 Å². The molecule has 2 rings (SSSR count). The highest BCUT2D eigenvalue weighted by Crippen LogP contribution is 2.27. The highest BCUT2D eigenvalue weighted by atomic mass is 16.3. The van der Waals surface area contributed by atoms with Crippen molar-refractivity contribution in [3.05, 3.63) is 96.6 Å². The minimum Gasteiger partial charge on any atom is -0.311 e. The summed E-state index contributed by atoms with van der Waals surface area (Å²) in [6.45, 7) is 19.3. The average Bonchev–Trinajstić information content (AvgIpc) is 2.76. The van der Waals surface area contributed by atoms with Gasteiger partial charge in [0.15, 0.2) is 0 Å². The molecule has 2 aromatic rings. The number of allylic oxidation sites excluding steroid dienone is 4. The second-order valence-corrected chi connectivity index (χ2v) is 6.21. The van der Waals surface area contributed by atoms with Crippen LogP contribution in [0.1, 0.15) is 45.7 Å². The summed E-state index contributed by atoms with van der Waals surface area (Å²) in [7, 11) is 0. The van der Waals surface area contributed by atoms with Crippen molar-refractivity contribution in [1.82, 2.24) is 10.3 Å².